The number of nitrogens with two attached hydrogens (primary N) is 1. The number of aryl methyl sites for hydroxylation is 1. The fourth-order valence-corrected chi connectivity index (χ4v) is 15.8. The molecule has 1 fully saturated rings. The van der Waals surface area contributed by atoms with E-state index in [1.807, 2.05) is 6.92 Å². The quantitative estimate of drug-likeness (QED) is 0.0184. The van der Waals surface area contributed by atoms with Crippen LogP contribution in [-0.4, -0.2) is 199 Å². The number of hydrogen-bond donors (Lipinski definition) is 14. The maximum Gasteiger partial charge on any atom is 0.352 e. The summed E-state index contributed by atoms with van der Waals surface area (Å²) in [5.41, 5.74) is 8.92. The van der Waals surface area contributed by atoms with Crippen LogP contribution in [0.1, 0.15) is 135 Å². The third-order valence-electron chi connectivity index (χ3n) is 20.7. The molecule has 658 valence electrons. The summed E-state index contributed by atoms with van der Waals surface area (Å²) in [5.74, 6) is -10.9. The van der Waals surface area contributed by atoms with E-state index in [0.717, 1.165) is 4.90 Å². The SMILES string of the molecule is CCCNC(=O)Nc1cccc(S(=O)(=O)Nc2cccc([C@@H](CC(=O)O)NC(=O)Nc3ccc(NC(=O)NCCOCCOCCOCCC(=O)N[C@@H](CC(=O)O)C(=O)N4CCC[C@H]4C(=O)N[C@H](C(=O)O[C@@H]4C(=O)OCc5c4cc4n(c5=O)Cc5c-4nc4cc(F)c(C)c6c4c5[C@@H](NC(=O)[C@H](CC(N)=O)NC(=O)Cc4ccncc4)CC6)C(C)C)cc3)c2)c1. The van der Waals surface area contributed by atoms with E-state index in [1.165, 1.54) is 102 Å². The number of carbonyl (C=O) groups excluding carboxylic acids is 11. The molecule has 124 heavy (non-hydrogen) atoms. The maximum atomic E-state index is 15.8. The number of carboxylic acids is 2. The number of urea groups is 3. The molecule has 11 rings (SSSR count). The Morgan fingerprint density at radius 3 is 2.03 bits per heavy atom. The molecule has 3 aliphatic heterocycles. The number of carboxylic acid groups (broad SMARTS) is 2. The number of halogens is 1. The van der Waals surface area contributed by atoms with Crippen LogP contribution in [0.15, 0.2) is 119 Å². The number of primary amides is 1. The highest BCUT2D eigenvalue weighted by molar-refractivity contribution is 7.92. The lowest BCUT2D eigenvalue weighted by Gasteiger charge is -2.31. The molecule has 12 amide bonds. The maximum absolute atomic E-state index is 15.8. The van der Waals surface area contributed by atoms with Gasteiger partial charge in [0.05, 0.1) is 111 Å². The Balaban J connectivity index is 0.601. The van der Waals surface area contributed by atoms with Gasteiger partial charge in [-0.1, -0.05) is 39.0 Å². The number of pyridine rings is 3. The number of rotatable bonds is 40. The Morgan fingerprint density at radius 1 is 0.694 bits per heavy atom. The highest BCUT2D eigenvalue weighted by atomic mass is 32.2. The number of cyclic esters (lactones) is 1. The fraction of sp³-hybridized carbons (Fsp3) is 0.398. The van der Waals surface area contributed by atoms with Gasteiger partial charge in [0.15, 0.2) is 0 Å². The second-order valence-corrected chi connectivity index (χ2v) is 31.7. The predicted octanol–water partition coefficient (Wildman–Crippen LogP) is 4.64. The standard InChI is InChI=1S/C83H95FN16O23S/c1-5-23-87-81(114)91-50-10-7-12-52(36-50)124(117,118)98-51-11-6-9-47(35-51)59(40-68(104)105)96-83(116)90-49-16-14-48(15-17-49)89-82(115)88-26-29-120-31-33-121-32-30-119-28-22-66(102)93-62(41-69(106)107)78(111)99-27-8-13-63(99)76(109)97-72(44(2)3)79(112)123-74-54-37-64-73-55(42-100(64)77(110)56(54)43-122-80(74)113)71-58(19-18-53-45(4)57(84)38-60(94-73)70(53)71)95-75(108)61(39-65(85)101)92-67(103)34-46-20-24-86-25-21-46/h6-7,9-12,14-17,20-21,24-25,35-38,44,58-59,61-63,72,74,98H,5,8,13,18-19,22-23,26-34,39-43H2,1-4H3,(H2,85,101)(H,92,103)(H,93,102)(H,95,108)(H,97,109)(H,104,105)(H,106,107)(H2,87,91,114)(H2,88,89,115)(H2,90,96,116)/t58-,59+,61-,62-,63-,72-,74-/m0/s1. The third-order valence-corrected chi connectivity index (χ3v) is 22.1. The minimum Gasteiger partial charge on any atom is -0.481 e. The molecule has 15 N–H and O–H groups in total. The zero-order chi connectivity index (χ0) is 89.1. The lowest BCUT2D eigenvalue weighted by Crippen LogP contribution is -2.56. The van der Waals surface area contributed by atoms with Crippen molar-refractivity contribution in [2.45, 2.75) is 152 Å². The lowest BCUT2D eigenvalue weighted by molar-refractivity contribution is -0.173. The average molecular weight is 1740 g/mol. The molecule has 3 aromatic heterocycles. The predicted molar refractivity (Wildman–Crippen MR) is 441 cm³/mol. The van der Waals surface area contributed by atoms with Crippen LogP contribution in [-0.2, 0) is 108 Å². The summed E-state index contributed by atoms with van der Waals surface area (Å²) in [6, 6.07) is 13.6. The second kappa shape index (κ2) is 41.8. The molecule has 6 heterocycles. The van der Waals surface area contributed by atoms with Crippen LogP contribution in [0, 0.1) is 18.7 Å². The molecule has 0 radical (unpaired) electrons. The number of nitrogens with one attached hydrogen (secondary N) is 11. The number of aromatic nitrogens is 3. The van der Waals surface area contributed by atoms with E-state index in [2.05, 4.69) is 62.9 Å². The van der Waals surface area contributed by atoms with Gasteiger partial charge in [0.1, 0.15) is 36.6 Å². The van der Waals surface area contributed by atoms with Gasteiger partial charge in [-0.05, 0) is 146 Å². The van der Waals surface area contributed by atoms with Crippen molar-refractivity contribution in [3.63, 3.8) is 0 Å². The van der Waals surface area contributed by atoms with E-state index >= 15 is 4.39 Å². The van der Waals surface area contributed by atoms with Crippen molar-refractivity contribution in [3.8, 4) is 11.4 Å². The number of esters is 2. The molecule has 1 aliphatic carbocycles. The number of carbonyl (C=O) groups is 13. The van der Waals surface area contributed by atoms with Crippen LogP contribution in [0.2, 0.25) is 0 Å². The van der Waals surface area contributed by atoms with Crippen molar-refractivity contribution >= 4 is 121 Å². The molecule has 4 aliphatic rings. The van der Waals surface area contributed by atoms with Gasteiger partial charge in [0.25, 0.3) is 15.6 Å². The molecular formula is C83H95FN16O23S. The first-order valence-corrected chi connectivity index (χ1v) is 41.4. The van der Waals surface area contributed by atoms with Crippen molar-refractivity contribution in [2.24, 2.45) is 11.7 Å². The first-order valence-electron chi connectivity index (χ1n) is 40.0. The van der Waals surface area contributed by atoms with Gasteiger partial charge >= 0.3 is 42.0 Å². The summed E-state index contributed by atoms with van der Waals surface area (Å²) in [5, 5.41) is 46.4. The van der Waals surface area contributed by atoms with Gasteiger partial charge in [-0.25, -0.2) is 41.8 Å². The van der Waals surface area contributed by atoms with Crippen molar-refractivity contribution in [1.82, 2.24) is 56.7 Å². The molecule has 4 aromatic carbocycles. The summed E-state index contributed by atoms with van der Waals surface area (Å²) in [7, 11) is -4.20. The monoisotopic (exact) mass is 1730 g/mol. The van der Waals surface area contributed by atoms with Crippen LogP contribution in [0.25, 0.3) is 22.3 Å². The molecule has 0 bridgehead atoms. The summed E-state index contributed by atoms with van der Waals surface area (Å²) in [6.07, 6.45) is 0.190. The molecule has 0 saturated carbocycles. The first-order chi connectivity index (χ1) is 59.3. The Hall–Kier alpha value is -13.5. The lowest BCUT2D eigenvalue weighted by atomic mass is 9.81. The number of hydrogen-bond acceptors (Lipinski definition) is 23. The van der Waals surface area contributed by atoms with Crippen molar-refractivity contribution in [2.75, 3.05) is 79.9 Å². The highest BCUT2D eigenvalue weighted by Gasteiger charge is 2.44. The molecule has 0 unspecified atom stereocenters. The summed E-state index contributed by atoms with van der Waals surface area (Å²) < 4.78 is 74.3. The van der Waals surface area contributed by atoms with Crippen LogP contribution >= 0.6 is 0 Å². The zero-order valence-electron chi connectivity index (χ0n) is 68.0. The Bertz CT molecular complexity index is 5430. The van der Waals surface area contributed by atoms with Crippen LogP contribution in [0.3, 0.4) is 0 Å². The number of anilines is 4. The van der Waals surface area contributed by atoms with Crippen LogP contribution in [0.4, 0.5) is 41.5 Å². The fourth-order valence-electron chi connectivity index (χ4n) is 14.7. The molecule has 1 saturated heterocycles. The van der Waals surface area contributed by atoms with Gasteiger partial charge in [0.2, 0.25) is 41.5 Å². The number of benzene rings is 4. The number of sulfonamides is 1. The van der Waals surface area contributed by atoms with Gasteiger partial charge in [-0.3, -0.25) is 52.9 Å². The van der Waals surface area contributed by atoms with Crippen LogP contribution in [0.5, 0.6) is 0 Å². The Kier molecular flexibility index (Phi) is 30.8. The van der Waals surface area contributed by atoms with Crippen molar-refractivity contribution in [1.29, 1.82) is 0 Å². The van der Waals surface area contributed by atoms with Crippen molar-refractivity contribution in [3.05, 3.63) is 170 Å². The normalized spacial score (nSPS) is 15.8. The summed E-state index contributed by atoms with van der Waals surface area (Å²) in [6.45, 7) is 6.73. The molecule has 7 atom stereocenters. The third kappa shape index (κ3) is 23.6. The van der Waals surface area contributed by atoms with Crippen LogP contribution < -0.4 is 69.2 Å². The number of amides is 12. The number of nitrogens with zero attached hydrogens (tertiary/aromatic N) is 4. The molecule has 41 heteroatoms. The number of ether oxygens (including phenoxy) is 5. The number of aliphatic carboxylic acids is 2. The van der Waals surface area contributed by atoms with E-state index in [-0.39, 0.29) is 153 Å². The second-order valence-electron chi connectivity index (χ2n) is 30.0. The molecule has 39 nitrogen and oxygen atoms in total. The van der Waals surface area contributed by atoms with Gasteiger partial charge in [-0.15, -0.1) is 0 Å². The van der Waals surface area contributed by atoms with E-state index in [9.17, 15) is 85.8 Å². The molecule has 7 aromatic rings. The highest BCUT2D eigenvalue weighted by Crippen LogP contribution is 2.46. The minimum absolute atomic E-state index is 0.0255. The minimum atomic E-state index is -4.20. The van der Waals surface area contributed by atoms with Crippen molar-refractivity contribution < 1.29 is 109 Å². The molecular weight excluding hydrogens is 1640 g/mol. The summed E-state index contributed by atoms with van der Waals surface area (Å²) >= 11 is 0. The van der Waals surface area contributed by atoms with Gasteiger partial charge in [0, 0.05) is 83.8 Å². The van der Waals surface area contributed by atoms with E-state index in [1.54, 1.807) is 32.9 Å². The van der Waals surface area contributed by atoms with E-state index in [0.29, 0.717) is 51.9 Å². The molecule has 0 spiro atoms. The number of likely N-dealkylation sites (tertiary alicyclic amines) is 1. The topological polar surface area (TPSA) is 552 Å². The van der Waals surface area contributed by atoms with Gasteiger partial charge < -0.3 is 102 Å². The average Bonchev–Trinajstić information content (AvgIpc) is 1.52. The van der Waals surface area contributed by atoms with Gasteiger partial charge in [-0.2, -0.15) is 0 Å². The zero-order valence-corrected chi connectivity index (χ0v) is 68.8. The van der Waals surface area contributed by atoms with E-state index in [4.69, 9.17) is 34.4 Å². The first kappa shape index (κ1) is 91.2. The number of fused-ring (bicyclic) bond motifs is 5. The largest absolute Gasteiger partial charge is 0.481 e. The smallest absolute Gasteiger partial charge is 0.352 e. The Labute approximate surface area is 709 Å². The Morgan fingerprint density at radius 2 is 1.35 bits per heavy atom. The summed E-state index contributed by atoms with van der Waals surface area (Å²) in [4.78, 5) is 196. The van der Waals surface area contributed by atoms with E-state index < -0.39 is 173 Å².